The van der Waals surface area contributed by atoms with Crippen LogP contribution in [0.1, 0.15) is 25.8 Å². The topological polar surface area (TPSA) is 93.4 Å². The Morgan fingerprint density at radius 1 is 1.33 bits per heavy atom. The van der Waals surface area contributed by atoms with E-state index in [1.54, 1.807) is 0 Å². The maximum Gasteiger partial charge on any atom is 0.329 e. The molecule has 0 saturated carbocycles. The normalized spacial score (nSPS) is 10.5. The van der Waals surface area contributed by atoms with E-state index in [0.717, 1.165) is 5.56 Å². The molecule has 0 aliphatic carbocycles. The minimum absolute atomic E-state index is 0.0659. The molecule has 0 aromatic heterocycles. The lowest BCUT2D eigenvalue weighted by Crippen LogP contribution is -2.56. The van der Waals surface area contributed by atoms with Crippen LogP contribution in [0.3, 0.4) is 0 Å². The number of nitriles is 1. The molecule has 0 spiro atoms. The number of aliphatic carboxylic acids is 1. The van der Waals surface area contributed by atoms with Gasteiger partial charge in [0, 0.05) is 13.1 Å². The molecule has 1 rings (SSSR count). The molecular formula is C15H19N3O3. The number of carboxylic acids is 1. The highest BCUT2D eigenvalue weighted by Gasteiger charge is 2.37. The third kappa shape index (κ3) is 4.49. The van der Waals surface area contributed by atoms with Crippen LogP contribution in [0.15, 0.2) is 30.3 Å². The molecule has 112 valence electrons. The number of hydrogen-bond donors (Lipinski definition) is 2. The highest BCUT2D eigenvalue weighted by Crippen LogP contribution is 2.15. The van der Waals surface area contributed by atoms with E-state index in [4.69, 9.17) is 5.26 Å². The van der Waals surface area contributed by atoms with Crippen molar-refractivity contribution in [3.63, 3.8) is 0 Å². The van der Waals surface area contributed by atoms with Crippen LogP contribution in [0.5, 0.6) is 0 Å². The predicted molar refractivity (Wildman–Crippen MR) is 77.3 cm³/mol. The molecule has 0 saturated heterocycles. The summed E-state index contributed by atoms with van der Waals surface area (Å²) >= 11 is 0. The second-order valence-corrected chi connectivity index (χ2v) is 5.07. The smallest absolute Gasteiger partial charge is 0.329 e. The van der Waals surface area contributed by atoms with E-state index in [-0.39, 0.29) is 13.0 Å². The largest absolute Gasteiger partial charge is 0.480 e. The van der Waals surface area contributed by atoms with Gasteiger partial charge in [0.2, 0.25) is 0 Å². The fourth-order valence-corrected chi connectivity index (χ4v) is 1.78. The molecule has 2 amide bonds. The highest BCUT2D eigenvalue weighted by atomic mass is 16.4. The lowest BCUT2D eigenvalue weighted by Gasteiger charge is -2.34. The number of hydrogen-bond acceptors (Lipinski definition) is 3. The summed E-state index contributed by atoms with van der Waals surface area (Å²) in [5.41, 5.74) is -0.461. The van der Waals surface area contributed by atoms with Gasteiger partial charge in [-0.1, -0.05) is 30.3 Å². The highest BCUT2D eigenvalue weighted by molar-refractivity contribution is 5.85. The minimum atomic E-state index is -1.38. The molecule has 0 aliphatic heterocycles. The van der Waals surface area contributed by atoms with E-state index in [0.29, 0.717) is 6.54 Å². The van der Waals surface area contributed by atoms with Gasteiger partial charge in [0.15, 0.2) is 0 Å². The van der Waals surface area contributed by atoms with Gasteiger partial charge in [-0.25, -0.2) is 9.59 Å². The van der Waals surface area contributed by atoms with Gasteiger partial charge in [-0.3, -0.25) is 0 Å². The standard InChI is InChI=1S/C15H19N3O3/c1-15(2,13(19)20)18(10-6-9-16)14(21)17-11-12-7-4-3-5-8-12/h3-5,7-8H,6,10-11H2,1-2H3,(H,17,21)(H,19,20). The fraction of sp³-hybridized carbons (Fsp3) is 0.400. The maximum absolute atomic E-state index is 12.2. The van der Waals surface area contributed by atoms with Crippen molar-refractivity contribution in [1.29, 1.82) is 5.26 Å². The van der Waals surface area contributed by atoms with Crippen LogP contribution in [0.25, 0.3) is 0 Å². The van der Waals surface area contributed by atoms with Crippen molar-refractivity contribution >= 4 is 12.0 Å². The molecule has 1 aromatic rings. The monoisotopic (exact) mass is 289 g/mol. The Bertz CT molecular complexity index is 535. The Morgan fingerprint density at radius 3 is 2.48 bits per heavy atom. The second-order valence-electron chi connectivity index (χ2n) is 5.07. The third-order valence-corrected chi connectivity index (χ3v) is 3.18. The molecular weight excluding hydrogens is 270 g/mol. The number of carbonyl (C=O) groups excluding carboxylic acids is 1. The summed E-state index contributed by atoms with van der Waals surface area (Å²) in [6.07, 6.45) is 0.0788. The minimum Gasteiger partial charge on any atom is -0.480 e. The van der Waals surface area contributed by atoms with Crippen molar-refractivity contribution < 1.29 is 14.7 Å². The van der Waals surface area contributed by atoms with Gasteiger partial charge in [0.1, 0.15) is 5.54 Å². The Kier molecular flexibility index (Phi) is 5.73. The molecule has 0 heterocycles. The fourth-order valence-electron chi connectivity index (χ4n) is 1.78. The summed E-state index contributed by atoms with van der Waals surface area (Å²) in [4.78, 5) is 24.7. The summed E-state index contributed by atoms with van der Waals surface area (Å²) in [5.74, 6) is -1.12. The number of carbonyl (C=O) groups is 2. The van der Waals surface area contributed by atoms with Gasteiger partial charge in [0.05, 0.1) is 12.5 Å². The Hall–Kier alpha value is -2.55. The van der Waals surface area contributed by atoms with Crippen molar-refractivity contribution in [2.45, 2.75) is 32.4 Å². The summed E-state index contributed by atoms with van der Waals surface area (Å²) in [5, 5.41) is 20.6. The Labute approximate surface area is 124 Å². The van der Waals surface area contributed by atoms with E-state index in [9.17, 15) is 14.7 Å². The maximum atomic E-state index is 12.2. The average molecular weight is 289 g/mol. The van der Waals surface area contributed by atoms with Crippen LogP contribution in [0, 0.1) is 11.3 Å². The summed E-state index contributed by atoms with van der Waals surface area (Å²) in [7, 11) is 0. The molecule has 21 heavy (non-hydrogen) atoms. The summed E-state index contributed by atoms with van der Waals surface area (Å²) in [6.45, 7) is 3.25. The molecule has 0 fully saturated rings. The first-order valence-electron chi connectivity index (χ1n) is 6.59. The first-order chi connectivity index (χ1) is 9.89. The molecule has 2 N–H and O–H groups in total. The first-order valence-corrected chi connectivity index (χ1v) is 6.59. The predicted octanol–water partition coefficient (Wildman–Crippen LogP) is 1.98. The van der Waals surface area contributed by atoms with Crippen LogP contribution in [-0.2, 0) is 11.3 Å². The van der Waals surface area contributed by atoms with Gasteiger partial charge < -0.3 is 15.3 Å². The lowest BCUT2D eigenvalue weighted by molar-refractivity contribution is -0.147. The van der Waals surface area contributed by atoms with Crippen molar-refractivity contribution in [3.8, 4) is 6.07 Å². The SMILES string of the molecule is CC(C)(C(=O)O)N(CCC#N)C(=O)NCc1ccccc1. The van der Waals surface area contributed by atoms with E-state index in [1.807, 2.05) is 36.4 Å². The molecule has 0 atom stereocenters. The van der Waals surface area contributed by atoms with Gasteiger partial charge in [-0.2, -0.15) is 5.26 Å². The number of benzene rings is 1. The van der Waals surface area contributed by atoms with Gasteiger partial charge in [0.25, 0.3) is 0 Å². The van der Waals surface area contributed by atoms with E-state index in [2.05, 4.69) is 5.32 Å². The van der Waals surface area contributed by atoms with Crippen molar-refractivity contribution in [3.05, 3.63) is 35.9 Å². The number of nitrogens with zero attached hydrogens (tertiary/aromatic N) is 2. The van der Waals surface area contributed by atoms with E-state index in [1.165, 1.54) is 18.7 Å². The lowest BCUT2D eigenvalue weighted by atomic mass is 10.0. The number of rotatable bonds is 6. The van der Waals surface area contributed by atoms with Gasteiger partial charge >= 0.3 is 12.0 Å². The molecule has 0 aliphatic rings. The number of nitrogens with one attached hydrogen (secondary N) is 1. The molecule has 6 nitrogen and oxygen atoms in total. The number of carboxylic acid groups (broad SMARTS) is 1. The molecule has 0 unspecified atom stereocenters. The molecule has 1 aromatic carbocycles. The van der Waals surface area contributed by atoms with Crippen molar-refractivity contribution in [2.24, 2.45) is 0 Å². The summed E-state index contributed by atoms with van der Waals surface area (Å²) in [6, 6.07) is 10.7. The molecule has 0 radical (unpaired) electrons. The van der Waals surface area contributed by atoms with Gasteiger partial charge in [-0.15, -0.1) is 0 Å². The Morgan fingerprint density at radius 2 is 1.95 bits per heavy atom. The zero-order valence-corrected chi connectivity index (χ0v) is 12.2. The third-order valence-electron chi connectivity index (χ3n) is 3.18. The quantitative estimate of drug-likeness (QED) is 0.837. The first kappa shape index (κ1) is 16.5. The molecule has 0 bridgehead atoms. The number of urea groups is 1. The zero-order valence-electron chi connectivity index (χ0n) is 12.2. The average Bonchev–Trinajstić information content (AvgIpc) is 2.46. The zero-order chi connectivity index (χ0) is 15.9. The van der Waals surface area contributed by atoms with Crippen molar-refractivity contribution in [2.75, 3.05) is 6.54 Å². The van der Waals surface area contributed by atoms with E-state index < -0.39 is 17.5 Å². The molecule has 6 heteroatoms. The van der Waals surface area contributed by atoms with Crippen molar-refractivity contribution in [1.82, 2.24) is 10.2 Å². The second kappa shape index (κ2) is 7.29. The van der Waals surface area contributed by atoms with Crippen LogP contribution in [0.2, 0.25) is 0 Å². The van der Waals surface area contributed by atoms with Crippen LogP contribution in [-0.4, -0.2) is 34.1 Å². The number of amides is 2. The van der Waals surface area contributed by atoms with Crippen LogP contribution in [0.4, 0.5) is 4.79 Å². The summed E-state index contributed by atoms with van der Waals surface area (Å²) < 4.78 is 0. The Balaban J connectivity index is 2.76. The van der Waals surface area contributed by atoms with E-state index >= 15 is 0 Å². The van der Waals surface area contributed by atoms with Crippen LogP contribution >= 0.6 is 0 Å². The van der Waals surface area contributed by atoms with Crippen LogP contribution < -0.4 is 5.32 Å². The van der Waals surface area contributed by atoms with Gasteiger partial charge in [-0.05, 0) is 19.4 Å².